The highest BCUT2D eigenvalue weighted by Gasteiger charge is 2.18. The fourth-order valence-electron chi connectivity index (χ4n) is 1.67. The Morgan fingerprint density at radius 3 is 2.71 bits per heavy atom. The number of hydrogen-bond donors (Lipinski definition) is 1. The third-order valence-electron chi connectivity index (χ3n) is 2.85. The van der Waals surface area contributed by atoms with Crippen LogP contribution in [0.3, 0.4) is 0 Å². The quantitative estimate of drug-likeness (QED) is 0.537. The Morgan fingerprint density at radius 2 is 2.04 bits per heavy atom. The van der Waals surface area contributed by atoms with Gasteiger partial charge in [0.15, 0.2) is 10.8 Å². The maximum Gasteiger partial charge on any atom is 0.331 e. The average molecular weight is 433 g/mol. The van der Waals surface area contributed by atoms with Gasteiger partial charge in [-0.15, -0.1) is 0 Å². The molecule has 5 nitrogen and oxygen atoms in total. The van der Waals surface area contributed by atoms with Crippen LogP contribution in [0.4, 0.5) is 5.69 Å². The van der Waals surface area contributed by atoms with Crippen LogP contribution in [-0.2, 0) is 14.3 Å². The van der Waals surface area contributed by atoms with Crippen molar-refractivity contribution >= 4 is 62.8 Å². The molecule has 1 amide bonds. The maximum atomic E-state index is 12.1. The first kappa shape index (κ1) is 18.6. The van der Waals surface area contributed by atoms with Crippen LogP contribution in [-0.4, -0.2) is 18.0 Å². The zero-order chi connectivity index (χ0) is 17.7. The molecule has 0 radical (unpaired) electrons. The summed E-state index contributed by atoms with van der Waals surface area (Å²) in [7, 11) is 0. The molecule has 8 heteroatoms. The molecule has 1 aromatic carbocycles. The maximum absolute atomic E-state index is 12.1. The van der Waals surface area contributed by atoms with Crippen molar-refractivity contribution in [1.29, 1.82) is 0 Å². The van der Waals surface area contributed by atoms with Crippen LogP contribution in [0.1, 0.15) is 12.7 Å². The van der Waals surface area contributed by atoms with Crippen LogP contribution in [0.25, 0.3) is 6.08 Å². The molecule has 0 fully saturated rings. The van der Waals surface area contributed by atoms with Gasteiger partial charge in [0.05, 0.1) is 15.7 Å². The third kappa shape index (κ3) is 5.12. The number of nitrogens with one attached hydrogen (secondary N) is 1. The van der Waals surface area contributed by atoms with E-state index in [1.165, 1.54) is 19.1 Å². The SMILES string of the molecule is CC(OC(=O)/C=C/c1ccc(Br)o1)C(=O)Nc1cccc(Cl)c1Cl. The van der Waals surface area contributed by atoms with E-state index in [4.69, 9.17) is 32.4 Å². The molecule has 1 atom stereocenters. The van der Waals surface area contributed by atoms with Gasteiger partial charge in [0, 0.05) is 6.08 Å². The summed E-state index contributed by atoms with van der Waals surface area (Å²) in [6.45, 7) is 1.45. The van der Waals surface area contributed by atoms with Crippen molar-refractivity contribution in [1.82, 2.24) is 0 Å². The Morgan fingerprint density at radius 1 is 1.29 bits per heavy atom. The number of carbonyl (C=O) groups excluding carboxylic acids is 2. The number of ether oxygens (including phenoxy) is 1. The molecule has 1 N–H and O–H groups in total. The Labute approximate surface area is 156 Å². The standard InChI is InChI=1S/C16H12BrCl2NO4/c1-9(16(22)20-12-4-2-3-11(18)15(12)19)23-14(21)8-6-10-5-7-13(17)24-10/h2-9H,1H3,(H,20,22)/b8-6+. The second-order valence-corrected chi connectivity index (χ2v) is 6.21. The van der Waals surface area contributed by atoms with Gasteiger partial charge in [0.25, 0.3) is 5.91 Å². The van der Waals surface area contributed by atoms with Crippen molar-refractivity contribution in [2.45, 2.75) is 13.0 Å². The molecule has 0 saturated carbocycles. The molecule has 1 unspecified atom stereocenters. The Bertz CT molecular complexity index is 788. The lowest BCUT2D eigenvalue weighted by atomic mass is 10.3. The van der Waals surface area contributed by atoms with Gasteiger partial charge >= 0.3 is 5.97 Å². The molecule has 0 aliphatic carbocycles. The number of furan rings is 1. The summed E-state index contributed by atoms with van der Waals surface area (Å²) >= 11 is 15.0. The largest absolute Gasteiger partial charge is 0.450 e. The number of amides is 1. The van der Waals surface area contributed by atoms with Crippen molar-refractivity contribution in [2.24, 2.45) is 0 Å². The van der Waals surface area contributed by atoms with E-state index in [1.54, 1.807) is 30.3 Å². The Hall–Kier alpha value is -1.76. The van der Waals surface area contributed by atoms with Crippen LogP contribution in [0, 0.1) is 0 Å². The van der Waals surface area contributed by atoms with E-state index in [-0.39, 0.29) is 5.02 Å². The predicted molar refractivity (Wildman–Crippen MR) is 96.1 cm³/mol. The number of carbonyl (C=O) groups is 2. The molecule has 1 aromatic heterocycles. The summed E-state index contributed by atoms with van der Waals surface area (Å²) in [5.41, 5.74) is 0.341. The summed E-state index contributed by atoms with van der Waals surface area (Å²) < 4.78 is 10.8. The van der Waals surface area contributed by atoms with Crippen LogP contribution in [0.5, 0.6) is 0 Å². The molecule has 24 heavy (non-hydrogen) atoms. The van der Waals surface area contributed by atoms with Gasteiger partial charge in [0.1, 0.15) is 5.76 Å². The minimum absolute atomic E-state index is 0.217. The molecular weight excluding hydrogens is 421 g/mol. The van der Waals surface area contributed by atoms with Crippen molar-refractivity contribution in [3.8, 4) is 0 Å². The van der Waals surface area contributed by atoms with Crippen molar-refractivity contribution in [3.63, 3.8) is 0 Å². The average Bonchev–Trinajstić information content (AvgIpc) is 2.95. The van der Waals surface area contributed by atoms with Gasteiger partial charge < -0.3 is 14.5 Å². The fraction of sp³-hybridized carbons (Fsp3) is 0.125. The van der Waals surface area contributed by atoms with Crippen LogP contribution < -0.4 is 5.32 Å². The van der Waals surface area contributed by atoms with Crippen LogP contribution in [0.2, 0.25) is 10.0 Å². The van der Waals surface area contributed by atoms with E-state index >= 15 is 0 Å². The number of rotatable bonds is 5. The van der Waals surface area contributed by atoms with Gasteiger partial charge in [-0.25, -0.2) is 4.79 Å². The lowest BCUT2D eigenvalue weighted by Gasteiger charge is -2.13. The molecule has 0 aliphatic rings. The minimum atomic E-state index is -1.01. The molecule has 1 heterocycles. The molecule has 0 aliphatic heterocycles. The summed E-state index contributed by atoms with van der Waals surface area (Å²) in [4.78, 5) is 23.8. The van der Waals surface area contributed by atoms with Gasteiger partial charge in [-0.1, -0.05) is 29.3 Å². The topological polar surface area (TPSA) is 68.5 Å². The zero-order valence-corrected chi connectivity index (χ0v) is 15.5. The molecule has 0 bridgehead atoms. The number of esters is 1. The molecule has 2 rings (SSSR count). The minimum Gasteiger partial charge on any atom is -0.450 e. The van der Waals surface area contributed by atoms with Crippen LogP contribution >= 0.6 is 39.1 Å². The van der Waals surface area contributed by atoms with Crippen molar-refractivity contribution in [3.05, 3.63) is 56.9 Å². The number of anilines is 1. The monoisotopic (exact) mass is 431 g/mol. The second kappa shape index (κ2) is 8.37. The molecule has 2 aromatic rings. The zero-order valence-electron chi connectivity index (χ0n) is 12.4. The van der Waals surface area contributed by atoms with E-state index in [9.17, 15) is 9.59 Å². The van der Waals surface area contributed by atoms with Gasteiger partial charge in [-0.3, -0.25) is 4.79 Å². The van der Waals surface area contributed by atoms with E-state index < -0.39 is 18.0 Å². The van der Waals surface area contributed by atoms with E-state index in [2.05, 4.69) is 21.2 Å². The highest BCUT2D eigenvalue weighted by Crippen LogP contribution is 2.29. The third-order valence-corrected chi connectivity index (χ3v) is 4.09. The first-order chi connectivity index (χ1) is 11.4. The van der Waals surface area contributed by atoms with Gasteiger partial charge in [-0.05, 0) is 53.2 Å². The summed E-state index contributed by atoms with van der Waals surface area (Å²) in [5.74, 6) is -0.731. The van der Waals surface area contributed by atoms with E-state index in [0.29, 0.717) is 21.1 Å². The summed E-state index contributed by atoms with van der Waals surface area (Å²) in [5, 5.41) is 3.08. The highest BCUT2D eigenvalue weighted by molar-refractivity contribution is 9.10. The lowest BCUT2D eigenvalue weighted by molar-refractivity contribution is -0.148. The second-order valence-electron chi connectivity index (χ2n) is 4.64. The fourth-order valence-corrected chi connectivity index (χ4v) is 2.34. The number of benzene rings is 1. The smallest absolute Gasteiger partial charge is 0.331 e. The van der Waals surface area contributed by atoms with Gasteiger partial charge in [-0.2, -0.15) is 0 Å². The molecule has 126 valence electrons. The predicted octanol–water partition coefficient (Wildman–Crippen LogP) is 4.93. The van der Waals surface area contributed by atoms with Crippen molar-refractivity contribution < 1.29 is 18.7 Å². The molecule has 0 saturated heterocycles. The first-order valence-corrected chi connectivity index (χ1v) is 8.30. The van der Waals surface area contributed by atoms with Crippen LogP contribution in [0.15, 0.2) is 45.5 Å². The highest BCUT2D eigenvalue weighted by atomic mass is 79.9. The van der Waals surface area contributed by atoms with Gasteiger partial charge in [0.2, 0.25) is 0 Å². The summed E-state index contributed by atoms with van der Waals surface area (Å²) in [6.07, 6.45) is 1.59. The lowest BCUT2D eigenvalue weighted by Crippen LogP contribution is -2.29. The molecule has 0 spiro atoms. The number of halogens is 3. The Balaban J connectivity index is 1.92. The van der Waals surface area contributed by atoms with Crippen molar-refractivity contribution in [2.75, 3.05) is 5.32 Å². The first-order valence-electron chi connectivity index (χ1n) is 6.75. The van der Waals surface area contributed by atoms with E-state index in [0.717, 1.165) is 0 Å². The Kier molecular flexibility index (Phi) is 6.48. The van der Waals surface area contributed by atoms with E-state index in [1.807, 2.05) is 0 Å². The molecular formula is C16H12BrCl2NO4. The normalized spacial score (nSPS) is 12.2. The number of hydrogen-bond acceptors (Lipinski definition) is 4. The summed E-state index contributed by atoms with van der Waals surface area (Å²) in [6, 6.07) is 8.20.